The van der Waals surface area contributed by atoms with Gasteiger partial charge in [0.05, 0.1) is 10.3 Å². The van der Waals surface area contributed by atoms with Crippen LogP contribution in [-0.2, 0) is 16.1 Å². The van der Waals surface area contributed by atoms with Gasteiger partial charge in [-0.3, -0.25) is 4.79 Å². The summed E-state index contributed by atoms with van der Waals surface area (Å²) in [4.78, 5) is 12.9. The van der Waals surface area contributed by atoms with Crippen LogP contribution < -0.4 is 5.32 Å². The van der Waals surface area contributed by atoms with Gasteiger partial charge >= 0.3 is 0 Å². The molecule has 1 N–H and O–H groups in total. The molecule has 1 aliphatic rings. The summed E-state index contributed by atoms with van der Waals surface area (Å²) in [6.07, 6.45) is 0.714. The zero-order valence-electron chi connectivity index (χ0n) is 9.03. The predicted octanol–water partition coefficient (Wildman–Crippen LogP) is 2.55. The van der Waals surface area contributed by atoms with Gasteiger partial charge in [-0.15, -0.1) is 11.3 Å². The summed E-state index contributed by atoms with van der Waals surface area (Å²) in [7, 11) is 0. The van der Waals surface area contributed by atoms with E-state index in [0.717, 1.165) is 15.1 Å². The van der Waals surface area contributed by atoms with Gasteiger partial charge in [-0.05, 0) is 40.4 Å². The van der Waals surface area contributed by atoms with E-state index in [1.165, 1.54) is 0 Å². The lowest BCUT2D eigenvalue weighted by molar-refractivity contribution is -0.131. The molecule has 0 spiro atoms. The van der Waals surface area contributed by atoms with Gasteiger partial charge in [-0.25, -0.2) is 0 Å². The molecule has 0 saturated carbocycles. The van der Waals surface area contributed by atoms with Crippen molar-refractivity contribution in [1.82, 2.24) is 5.32 Å². The highest BCUT2D eigenvalue weighted by molar-refractivity contribution is 9.11. The van der Waals surface area contributed by atoms with E-state index < -0.39 is 0 Å². The van der Waals surface area contributed by atoms with Gasteiger partial charge in [0, 0.05) is 11.5 Å². The number of nitrogens with one attached hydrogen (secondary N) is 1. The summed E-state index contributed by atoms with van der Waals surface area (Å²) in [5, 5.41) is 2.91. The van der Waals surface area contributed by atoms with Gasteiger partial charge in [0.15, 0.2) is 0 Å². The topological polar surface area (TPSA) is 38.3 Å². The van der Waals surface area contributed by atoms with Crippen LogP contribution in [0.15, 0.2) is 15.9 Å². The summed E-state index contributed by atoms with van der Waals surface area (Å²) in [6, 6.07) is 3.99. The van der Waals surface area contributed by atoms with Crippen molar-refractivity contribution < 1.29 is 9.53 Å². The Labute approximate surface area is 107 Å². The third-order valence-corrected chi connectivity index (χ3v) is 4.34. The molecule has 0 radical (unpaired) electrons. The lowest BCUT2D eigenvalue weighted by Gasteiger charge is -2.13. The van der Waals surface area contributed by atoms with E-state index in [1.54, 1.807) is 11.3 Å². The number of hydrogen-bond donors (Lipinski definition) is 1. The first-order valence-corrected chi connectivity index (χ1v) is 6.91. The van der Waals surface area contributed by atoms with Crippen molar-refractivity contribution in [3.05, 3.63) is 20.8 Å². The van der Waals surface area contributed by atoms with Gasteiger partial charge in [0.1, 0.15) is 6.10 Å². The van der Waals surface area contributed by atoms with Gasteiger partial charge in [0.25, 0.3) is 0 Å². The van der Waals surface area contributed by atoms with Crippen LogP contribution in [-0.4, -0.2) is 18.6 Å². The molecule has 1 aromatic heterocycles. The smallest absolute Gasteiger partial charge is 0.249 e. The maximum absolute atomic E-state index is 11.8. The molecule has 2 rings (SSSR count). The number of amides is 1. The van der Waals surface area contributed by atoms with Crippen LogP contribution in [0.2, 0.25) is 0 Å². The van der Waals surface area contributed by atoms with Crippen molar-refractivity contribution in [1.29, 1.82) is 0 Å². The normalized spacial score (nSPS) is 24.6. The standard InChI is InChI=1S/C11H14BrNO2S/c1-7-4-5-15-10(7)11(14)13-6-8-2-3-9(12)16-8/h2-3,7,10H,4-6H2,1H3,(H,13,14). The zero-order valence-corrected chi connectivity index (χ0v) is 11.4. The minimum absolute atomic E-state index is 0.00882. The quantitative estimate of drug-likeness (QED) is 0.932. The molecule has 5 heteroatoms. The predicted molar refractivity (Wildman–Crippen MR) is 67.4 cm³/mol. The average molecular weight is 304 g/mol. The molecule has 1 aliphatic heterocycles. The second kappa shape index (κ2) is 5.29. The van der Waals surface area contributed by atoms with Crippen molar-refractivity contribution >= 4 is 33.2 Å². The number of rotatable bonds is 3. The Morgan fingerprint density at radius 2 is 2.50 bits per heavy atom. The molecular formula is C11H14BrNO2S. The molecule has 88 valence electrons. The maximum atomic E-state index is 11.8. The third kappa shape index (κ3) is 2.84. The molecule has 2 heterocycles. The van der Waals surface area contributed by atoms with E-state index >= 15 is 0 Å². The summed E-state index contributed by atoms with van der Waals surface area (Å²) in [6.45, 7) is 3.34. The van der Waals surface area contributed by atoms with Crippen molar-refractivity contribution in [2.24, 2.45) is 5.92 Å². The molecule has 16 heavy (non-hydrogen) atoms. The first-order valence-electron chi connectivity index (χ1n) is 5.30. The summed E-state index contributed by atoms with van der Waals surface area (Å²) >= 11 is 5.03. The Morgan fingerprint density at radius 1 is 1.69 bits per heavy atom. The fraction of sp³-hybridized carbons (Fsp3) is 0.545. The number of ether oxygens (including phenoxy) is 1. The van der Waals surface area contributed by atoms with E-state index in [0.29, 0.717) is 19.1 Å². The molecule has 3 nitrogen and oxygen atoms in total. The first kappa shape index (κ1) is 12.1. The zero-order chi connectivity index (χ0) is 11.5. The Bertz CT molecular complexity index is 380. The second-order valence-corrected chi connectivity index (χ2v) is 6.53. The Morgan fingerprint density at radius 3 is 3.06 bits per heavy atom. The fourth-order valence-corrected chi connectivity index (χ4v) is 3.18. The van der Waals surface area contributed by atoms with Gasteiger partial charge < -0.3 is 10.1 Å². The number of halogens is 1. The largest absolute Gasteiger partial charge is 0.368 e. The van der Waals surface area contributed by atoms with E-state index in [2.05, 4.69) is 28.2 Å². The molecular weight excluding hydrogens is 290 g/mol. The third-order valence-electron chi connectivity index (χ3n) is 2.71. The minimum Gasteiger partial charge on any atom is -0.368 e. The lowest BCUT2D eigenvalue weighted by atomic mass is 10.0. The van der Waals surface area contributed by atoms with Gasteiger partial charge in [-0.1, -0.05) is 6.92 Å². The molecule has 2 atom stereocenters. The summed E-state index contributed by atoms with van der Waals surface area (Å²) in [5.41, 5.74) is 0. The van der Waals surface area contributed by atoms with Gasteiger partial charge in [-0.2, -0.15) is 0 Å². The Hall–Kier alpha value is -0.390. The second-order valence-electron chi connectivity index (χ2n) is 3.98. The van der Waals surface area contributed by atoms with Crippen LogP contribution in [0.5, 0.6) is 0 Å². The number of thiophene rings is 1. The van der Waals surface area contributed by atoms with Crippen molar-refractivity contribution in [2.75, 3.05) is 6.61 Å². The van der Waals surface area contributed by atoms with Crippen molar-refractivity contribution in [2.45, 2.75) is 26.0 Å². The molecule has 1 amide bonds. The summed E-state index contributed by atoms with van der Waals surface area (Å²) in [5.74, 6) is 0.338. The first-order chi connectivity index (χ1) is 7.66. The Kier molecular flexibility index (Phi) is 4.00. The molecule has 2 unspecified atom stereocenters. The number of hydrogen-bond acceptors (Lipinski definition) is 3. The molecule has 0 aliphatic carbocycles. The maximum Gasteiger partial charge on any atom is 0.249 e. The molecule has 1 saturated heterocycles. The molecule has 0 bridgehead atoms. The van der Waals surface area contributed by atoms with E-state index in [9.17, 15) is 4.79 Å². The molecule has 1 aromatic rings. The van der Waals surface area contributed by atoms with Crippen LogP contribution in [0.1, 0.15) is 18.2 Å². The van der Waals surface area contributed by atoms with Crippen LogP contribution in [0.25, 0.3) is 0 Å². The summed E-state index contributed by atoms with van der Waals surface area (Å²) < 4.78 is 6.49. The average Bonchev–Trinajstić information content (AvgIpc) is 2.84. The van der Waals surface area contributed by atoms with Crippen molar-refractivity contribution in [3.8, 4) is 0 Å². The number of carbonyl (C=O) groups is 1. The number of carbonyl (C=O) groups excluding carboxylic acids is 1. The minimum atomic E-state index is -0.261. The van der Waals surface area contributed by atoms with Crippen LogP contribution >= 0.6 is 27.3 Å². The SMILES string of the molecule is CC1CCOC1C(=O)NCc1ccc(Br)s1. The van der Waals surface area contributed by atoms with Crippen LogP contribution in [0.3, 0.4) is 0 Å². The highest BCUT2D eigenvalue weighted by atomic mass is 79.9. The molecule has 1 fully saturated rings. The Balaban J connectivity index is 1.83. The highest BCUT2D eigenvalue weighted by Crippen LogP contribution is 2.23. The van der Waals surface area contributed by atoms with E-state index in [-0.39, 0.29) is 12.0 Å². The highest BCUT2D eigenvalue weighted by Gasteiger charge is 2.30. The molecule has 0 aromatic carbocycles. The monoisotopic (exact) mass is 303 g/mol. The van der Waals surface area contributed by atoms with Gasteiger partial charge in [0.2, 0.25) is 5.91 Å². The fourth-order valence-electron chi connectivity index (χ4n) is 1.75. The van der Waals surface area contributed by atoms with E-state index in [1.807, 2.05) is 12.1 Å². The lowest BCUT2D eigenvalue weighted by Crippen LogP contribution is -2.36. The van der Waals surface area contributed by atoms with E-state index in [4.69, 9.17) is 4.74 Å². The van der Waals surface area contributed by atoms with Crippen LogP contribution in [0, 0.1) is 5.92 Å². The van der Waals surface area contributed by atoms with Crippen molar-refractivity contribution in [3.63, 3.8) is 0 Å². The van der Waals surface area contributed by atoms with Crippen LogP contribution in [0.4, 0.5) is 0 Å².